The topological polar surface area (TPSA) is 51.0 Å². The van der Waals surface area contributed by atoms with Crippen molar-refractivity contribution in [2.45, 2.75) is 0 Å². The number of fused-ring (bicyclic) bond motifs is 2. The summed E-state index contributed by atoms with van der Waals surface area (Å²) in [4.78, 5) is 9.29. The van der Waals surface area contributed by atoms with E-state index in [1.54, 1.807) is 11.3 Å². The van der Waals surface area contributed by atoms with Crippen molar-refractivity contribution in [1.82, 2.24) is 9.97 Å². The van der Waals surface area contributed by atoms with Crippen molar-refractivity contribution in [3.05, 3.63) is 97.1 Å². The molecule has 5 heteroatoms. The quantitative estimate of drug-likeness (QED) is 0.321. The molecular formula is C26H17N3OS. The Morgan fingerprint density at radius 1 is 0.613 bits per heavy atom. The van der Waals surface area contributed by atoms with Crippen LogP contribution in [0.2, 0.25) is 0 Å². The van der Waals surface area contributed by atoms with E-state index in [2.05, 4.69) is 46.7 Å². The molecule has 6 rings (SSSR count). The van der Waals surface area contributed by atoms with Gasteiger partial charge in [0, 0.05) is 22.5 Å². The van der Waals surface area contributed by atoms with Gasteiger partial charge in [0.1, 0.15) is 10.5 Å². The Balaban J connectivity index is 1.20. The number of nitrogens with one attached hydrogen (secondary N) is 1. The molecule has 148 valence electrons. The number of thiazole rings is 1. The monoisotopic (exact) mass is 419 g/mol. The number of benzene rings is 4. The van der Waals surface area contributed by atoms with E-state index in [9.17, 15) is 0 Å². The first-order valence-corrected chi connectivity index (χ1v) is 10.8. The van der Waals surface area contributed by atoms with Gasteiger partial charge in [0.2, 0.25) is 5.89 Å². The number of nitrogens with zero attached hydrogens (tertiary/aromatic N) is 2. The summed E-state index contributed by atoms with van der Waals surface area (Å²) in [5, 5.41) is 4.48. The van der Waals surface area contributed by atoms with Crippen LogP contribution in [0.15, 0.2) is 101 Å². The average Bonchev–Trinajstić information content (AvgIpc) is 3.44. The molecule has 31 heavy (non-hydrogen) atoms. The minimum Gasteiger partial charge on any atom is -0.436 e. The molecular weight excluding hydrogens is 402 g/mol. The fraction of sp³-hybridized carbons (Fsp3) is 0. The fourth-order valence-electron chi connectivity index (χ4n) is 3.55. The molecule has 0 saturated heterocycles. The van der Waals surface area contributed by atoms with Crippen molar-refractivity contribution in [3.63, 3.8) is 0 Å². The molecule has 4 nitrogen and oxygen atoms in total. The molecule has 0 amide bonds. The van der Waals surface area contributed by atoms with Gasteiger partial charge in [-0.25, -0.2) is 9.97 Å². The number of hydrogen-bond acceptors (Lipinski definition) is 5. The summed E-state index contributed by atoms with van der Waals surface area (Å²) < 4.78 is 7.06. The molecule has 0 radical (unpaired) electrons. The Kier molecular flexibility index (Phi) is 4.25. The Morgan fingerprint density at radius 3 is 1.97 bits per heavy atom. The second kappa shape index (κ2) is 7.38. The molecule has 4 aromatic carbocycles. The molecule has 0 bridgehead atoms. The van der Waals surface area contributed by atoms with E-state index in [0.29, 0.717) is 5.89 Å². The molecule has 0 unspecified atom stereocenters. The zero-order valence-electron chi connectivity index (χ0n) is 16.4. The molecule has 0 aliphatic rings. The van der Waals surface area contributed by atoms with Crippen molar-refractivity contribution in [2.24, 2.45) is 0 Å². The van der Waals surface area contributed by atoms with Crippen LogP contribution in [0.1, 0.15) is 0 Å². The van der Waals surface area contributed by atoms with Gasteiger partial charge in [-0.15, -0.1) is 11.3 Å². The number of aromatic nitrogens is 2. The predicted molar refractivity (Wildman–Crippen MR) is 128 cm³/mol. The van der Waals surface area contributed by atoms with Crippen LogP contribution in [0.4, 0.5) is 11.4 Å². The summed E-state index contributed by atoms with van der Waals surface area (Å²) in [6.45, 7) is 0. The minimum atomic E-state index is 0.632. The maximum absolute atomic E-state index is 5.85. The number of rotatable bonds is 4. The molecule has 2 heterocycles. The second-order valence-corrected chi connectivity index (χ2v) is 8.28. The van der Waals surface area contributed by atoms with Gasteiger partial charge in [0.25, 0.3) is 0 Å². The molecule has 0 saturated carbocycles. The smallest absolute Gasteiger partial charge is 0.227 e. The molecule has 0 fully saturated rings. The third-order valence-electron chi connectivity index (χ3n) is 5.14. The first-order valence-electron chi connectivity index (χ1n) is 10.0. The van der Waals surface area contributed by atoms with Gasteiger partial charge in [0.15, 0.2) is 5.58 Å². The highest BCUT2D eigenvalue weighted by molar-refractivity contribution is 7.21. The van der Waals surface area contributed by atoms with E-state index in [1.165, 1.54) is 4.70 Å². The first kappa shape index (κ1) is 17.9. The van der Waals surface area contributed by atoms with Crippen molar-refractivity contribution in [2.75, 3.05) is 5.32 Å². The number of oxazole rings is 1. The maximum Gasteiger partial charge on any atom is 0.227 e. The van der Waals surface area contributed by atoms with Crippen LogP contribution < -0.4 is 5.32 Å². The molecule has 0 spiro atoms. The van der Waals surface area contributed by atoms with Crippen LogP contribution in [-0.4, -0.2) is 9.97 Å². The Labute approximate surface area is 182 Å². The van der Waals surface area contributed by atoms with Gasteiger partial charge < -0.3 is 9.73 Å². The molecule has 2 aromatic heterocycles. The summed E-state index contributed by atoms with van der Waals surface area (Å²) in [5.74, 6) is 0.632. The molecule has 0 aliphatic carbocycles. The van der Waals surface area contributed by atoms with E-state index in [1.807, 2.05) is 60.7 Å². The maximum atomic E-state index is 5.85. The third kappa shape index (κ3) is 3.45. The molecule has 6 aromatic rings. The molecule has 0 atom stereocenters. The van der Waals surface area contributed by atoms with Gasteiger partial charge >= 0.3 is 0 Å². The zero-order chi connectivity index (χ0) is 20.6. The Bertz CT molecular complexity index is 1320. The van der Waals surface area contributed by atoms with E-state index < -0.39 is 0 Å². The standard InChI is InChI=1S/C26H17N3OS/c1-3-7-23-21(5-1)28-25(30-23)17-9-13-19(14-10-17)27-20-15-11-18(12-16-20)26-29-22-6-2-4-8-24(22)31-26/h1-16,27H. The minimum absolute atomic E-state index is 0.632. The summed E-state index contributed by atoms with van der Waals surface area (Å²) in [6.07, 6.45) is 0. The number of hydrogen-bond donors (Lipinski definition) is 1. The van der Waals surface area contributed by atoms with E-state index in [0.717, 1.165) is 44.1 Å². The second-order valence-electron chi connectivity index (χ2n) is 7.25. The van der Waals surface area contributed by atoms with Crippen molar-refractivity contribution >= 4 is 44.0 Å². The summed E-state index contributed by atoms with van der Waals surface area (Å²) in [7, 11) is 0. The lowest BCUT2D eigenvalue weighted by atomic mass is 10.2. The third-order valence-corrected chi connectivity index (χ3v) is 6.23. The van der Waals surface area contributed by atoms with Crippen LogP contribution in [0.25, 0.3) is 43.3 Å². The summed E-state index contributed by atoms with van der Waals surface area (Å²) in [5.41, 5.74) is 6.82. The van der Waals surface area contributed by atoms with E-state index >= 15 is 0 Å². The highest BCUT2D eigenvalue weighted by Crippen LogP contribution is 2.31. The van der Waals surface area contributed by atoms with Crippen LogP contribution in [-0.2, 0) is 0 Å². The van der Waals surface area contributed by atoms with E-state index in [-0.39, 0.29) is 0 Å². The highest BCUT2D eigenvalue weighted by atomic mass is 32.1. The Hall–Kier alpha value is -3.96. The number of anilines is 2. The SMILES string of the molecule is c1ccc2oc(-c3ccc(Nc4ccc(-c5nc6ccccc6s5)cc4)cc3)nc2c1. The zero-order valence-corrected chi connectivity index (χ0v) is 17.3. The Morgan fingerprint density at radius 2 is 1.26 bits per heavy atom. The van der Waals surface area contributed by atoms with Gasteiger partial charge in [-0.2, -0.15) is 0 Å². The summed E-state index contributed by atoms with van der Waals surface area (Å²) in [6, 6.07) is 32.5. The van der Waals surface area contributed by atoms with Gasteiger partial charge in [0.05, 0.1) is 10.2 Å². The normalized spacial score (nSPS) is 11.2. The van der Waals surface area contributed by atoms with Crippen molar-refractivity contribution in [1.29, 1.82) is 0 Å². The van der Waals surface area contributed by atoms with Crippen LogP contribution in [0.5, 0.6) is 0 Å². The van der Waals surface area contributed by atoms with E-state index in [4.69, 9.17) is 9.40 Å². The lowest BCUT2D eigenvalue weighted by Crippen LogP contribution is -1.90. The highest BCUT2D eigenvalue weighted by Gasteiger charge is 2.08. The number of para-hydroxylation sites is 3. The molecule has 1 N–H and O–H groups in total. The average molecular weight is 420 g/mol. The largest absolute Gasteiger partial charge is 0.436 e. The van der Waals surface area contributed by atoms with Crippen molar-refractivity contribution < 1.29 is 4.42 Å². The lowest BCUT2D eigenvalue weighted by Gasteiger charge is -2.07. The fourth-order valence-corrected chi connectivity index (χ4v) is 4.52. The van der Waals surface area contributed by atoms with Crippen LogP contribution >= 0.6 is 11.3 Å². The predicted octanol–water partition coefficient (Wildman–Crippen LogP) is 7.52. The van der Waals surface area contributed by atoms with Gasteiger partial charge in [-0.3, -0.25) is 0 Å². The van der Waals surface area contributed by atoms with Crippen molar-refractivity contribution in [3.8, 4) is 22.0 Å². The van der Waals surface area contributed by atoms with Crippen LogP contribution in [0, 0.1) is 0 Å². The molecule has 0 aliphatic heterocycles. The lowest BCUT2D eigenvalue weighted by molar-refractivity contribution is 0.620. The van der Waals surface area contributed by atoms with Crippen LogP contribution in [0.3, 0.4) is 0 Å². The van der Waals surface area contributed by atoms with Gasteiger partial charge in [-0.05, 0) is 72.8 Å². The first-order chi connectivity index (χ1) is 15.3. The van der Waals surface area contributed by atoms with Gasteiger partial charge in [-0.1, -0.05) is 24.3 Å². The summed E-state index contributed by atoms with van der Waals surface area (Å²) >= 11 is 1.71.